The Balaban J connectivity index is 3.05. The quantitative estimate of drug-likeness (QED) is 0.808. The number of hydrogen-bond donors (Lipinski definition) is 1. The first-order valence-corrected chi connectivity index (χ1v) is 4.98. The van der Waals surface area contributed by atoms with Crippen molar-refractivity contribution in [3.8, 4) is 0 Å². The van der Waals surface area contributed by atoms with Crippen molar-refractivity contribution in [1.29, 1.82) is 0 Å². The Hall–Kier alpha value is -0.240. The molecule has 0 aliphatic carbocycles. The van der Waals surface area contributed by atoms with Crippen LogP contribution in [0.15, 0.2) is 18.2 Å². The van der Waals surface area contributed by atoms with Crippen LogP contribution in [0.25, 0.3) is 0 Å². The van der Waals surface area contributed by atoms with Gasteiger partial charge in [-0.1, -0.05) is 30.1 Å². The molecule has 1 aromatic rings. The van der Waals surface area contributed by atoms with Crippen LogP contribution in [0.2, 0.25) is 10.0 Å². The van der Waals surface area contributed by atoms with E-state index >= 15 is 0 Å². The molecule has 0 aromatic heterocycles. The molecule has 0 heterocycles. The minimum atomic E-state index is 0.0796. The number of rotatable bonds is 2. The highest BCUT2D eigenvalue weighted by Gasteiger charge is 2.13. The van der Waals surface area contributed by atoms with Gasteiger partial charge in [-0.2, -0.15) is 0 Å². The van der Waals surface area contributed by atoms with Crippen molar-refractivity contribution in [2.24, 2.45) is 5.73 Å². The third-order valence-corrected chi connectivity index (χ3v) is 2.82. The van der Waals surface area contributed by atoms with E-state index in [1.807, 2.05) is 19.9 Å². The summed E-state index contributed by atoms with van der Waals surface area (Å²) in [7, 11) is 0. The Bertz CT molecular complexity index is 297. The van der Waals surface area contributed by atoms with Gasteiger partial charge in [-0.25, -0.2) is 0 Å². The summed E-state index contributed by atoms with van der Waals surface area (Å²) in [6.45, 7) is 4.00. The fourth-order valence-corrected chi connectivity index (χ4v) is 1.62. The van der Waals surface area contributed by atoms with E-state index in [4.69, 9.17) is 28.9 Å². The average Bonchev–Trinajstić information content (AvgIpc) is 2.08. The summed E-state index contributed by atoms with van der Waals surface area (Å²) in [5.74, 6) is 0.228. The van der Waals surface area contributed by atoms with E-state index in [-0.39, 0.29) is 12.0 Å². The number of halogens is 2. The molecule has 2 unspecified atom stereocenters. The van der Waals surface area contributed by atoms with Gasteiger partial charge in [-0.3, -0.25) is 0 Å². The number of hydrogen-bond acceptors (Lipinski definition) is 1. The Kier molecular flexibility index (Phi) is 3.60. The van der Waals surface area contributed by atoms with Crippen LogP contribution in [0.5, 0.6) is 0 Å². The molecule has 0 amide bonds. The largest absolute Gasteiger partial charge is 0.327 e. The van der Waals surface area contributed by atoms with Gasteiger partial charge in [-0.05, 0) is 36.6 Å². The van der Waals surface area contributed by atoms with Crippen molar-refractivity contribution < 1.29 is 0 Å². The van der Waals surface area contributed by atoms with Crippen molar-refractivity contribution in [3.63, 3.8) is 0 Å². The molecule has 0 bridgehead atoms. The lowest BCUT2D eigenvalue weighted by Gasteiger charge is -2.17. The van der Waals surface area contributed by atoms with Crippen molar-refractivity contribution in [2.75, 3.05) is 0 Å². The van der Waals surface area contributed by atoms with Crippen LogP contribution in [-0.4, -0.2) is 6.04 Å². The van der Waals surface area contributed by atoms with Gasteiger partial charge in [0, 0.05) is 16.1 Å². The van der Waals surface area contributed by atoms with Gasteiger partial charge in [0.15, 0.2) is 0 Å². The first-order chi connectivity index (χ1) is 6.02. The molecule has 0 aliphatic heterocycles. The zero-order valence-corrected chi connectivity index (χ0v) is 9.23. The molecule has 2 atom stereocenters. The maximum Gasteiger partial charge on any atom is 0.0442 e. The molecule has 0 radical (unpaired) electrons. The van der Waals surface area contributed by atoms with Gasteiger partial charge in [0.25, 0.3) is 0 Å². The standard InChI is InChI=1S/C10H13Cl2N/c1-6(7(2)13)9-5-8(11)3-4-10(9)12/h3-7H,13H2,1-2H3. The molecule has 0 saturated heterocycles. The molecule has 1 rings (SSSR count). The molecule has 0 aliphatic rings. The second kappa shape index (κ2) is 4.32. The predicted octanol–water partition coefficient (Wildman–Crippen LogP) is 3.44. The fourth-order valence-electron chi connectivity index (χ4n) is 1.15. The zero-order valence-electron chi connectivity index (χ0n) is 7.72. The fraction of sp³-hybridized carbons (Fsp3) is 0.400. The summed E-state index contributed by atoms with van der Waals surface area (Å²) < 4.78 is 0. The summed E-state index contributed by atoms with van der Waals surface area (Å²) >= 11 is 11.9. The Morgan fingerprint density at radius 3 is 2.38 bits per heavy atom. The summed E-state index contributed by atoms with van der Waals surface area (Å²) in [6.07, 6.45) is 0. The normalized spacial score (nSPS) is 15.5. The highest BCUT2D eigenvalue weighted by atomic mass is 35.5. The first-order valence-electron chi connectivity index (χ1n) is 4.23. The smallest absolute Gasteiger partial charge is 0.0442 e. The van der Waals surface area contributed by atoms with E-state index in [1.165, 1.54) is 0 Å². The third kappa shape index (κ3) is 2.60. The molecule has 1 aromatic carbocycles. The maximum atomic E-state index is 6.02. The monoisotopic (exact) mass is 217 g/mol. The van der Waals surface area contributed by atoms with E-state index in [2.05, 4.69) is 0 Å². The molecule has 0 fully saturated rings. The molecule has 0 spiro atoms. The van der Waals surface area contributed by atoms with Gasteiger partial charge in [0.1, 0.15) is 0 Å². The van der Waals surface area contributed by atoms with Crippen molar-refractivity contribution in [2.45, 2.75) is 25.8 Å². The molecule has 72 valence electrons. The lowest BCUT2D eigenvalue weighted by molar-refractivity contribution is 0.613. The van der Waals surface area contributed by atoms with Crippen LogP contribution in [0.1, 0.15) is 25.3 Å². The number of benzene rings is 1. The summed E-state index contributed by atoms with van der Waals surface area (Å²) in [5.41, 5.74) is 6.80. The second-order valence-corrected chi connectivity index (χ2v) is 4.16. The summed E-state index contributed by atoms with van der Waals surface area (Å²) in [6, 6.07) is 5.54. The van der Waals surface area contributed by atoms with E-state index in [1.54, 1.807) is 12.1 Å². The van der Waals surface area contributed by atoms with Crippen molar-refractivity contribution >= 4 is 23.2 Å². The molecule has 0 saturated carbocycles. The summed E-state index contributed by atoms with van der Waals surface area (Å²) in [4.78, 5) is 0. The van der Waals surface area contributed by atoms with Gasteiger partial charge in [0.05, 0.1) is 0 Å². The Morgan fingerprint density at radius 2 is 1.85 bits per heavy atom. The highest BCUT2D eigenvalue weighted by molar-refractivity contribution is 6.33. The van der Waals surface area contributed by atoms with Crippen LogP contribution >= 0.6 is 23.2 Å². The van der Waals surface area contributed by atoms with Crippen LogP contribution in [0.4, 0.5) is 0 Å². The van der Waals surface area contributed by atoms with Crippen LogP contribution in [-0.2, 0) is 0 Å². The van der Waals surface area contributed by atoms with E-state index in [9.17, 15) is 0 Å². The molecule has 13 heavy (non-hydrogen) atoms. The van der Waals surface area contributed by atoms with Crippen molar-refractivity contribution in [3.05, 3.63) is 33.8 Å². The minimum absolute atomic E-state index is 0.0796. The lowest BCUT2D eigenvalue weighted by atomic mass is 9.95. The predicted molar refractivity (Wildman–Crippen MR) is 58.5 cm³/mol. The summed E-state index contributed by atoms with van der Waals surface area (Å²) in [5, 5.41) is 1.43. The second-order valence-electron chi connectivity index (χ2n) is 3.31. The third-order valence-electron chi connectivity index (χ3n) is 2.24. The van der Waals surface area contributed by atoms with Gasteiger partial charge < -0.3 is 5.73 Å². The molecular weight excluding hydrogens is 205 g/mol. The Morgan fingerprint density at radius 1 is 1.23 bits per heavy atom. The topological polar surface area (TPSA) is 26.0 Å². The molecule has 2 N–H and O–H groups in total. The molecular formula is C10H13Cl2N. The van der Waals surface area contributed by atoms with E-state index in [0.29, 0.717) is 5.02 Å². The van der Waals surface area contributed by atoms with Gasteiger partial charge in [-0.15, -0.1) is 0 Å². The van der Waals surface area contributed by atoms with Crippen LogP contribution in [0.3, 0.4) is 0 Å². The first kappa shape index (κ1) is 10.8. The van der Waals surface area contributed by atoms with Gasteiger partial charge >= 0.3 is 0 Å². The van der Waals surface area contributed by atoms with Crippen molar-refractivity contribution in [1.82, 2.24) is 0 Å². The minimum Gasteiger partial charge on any atom is -0.327 e. The lowest BCUT2D eigenvalue weighted by Crippen LogP contribution is -2.22. The zero-order chi connectivity index (χ0) is 10.0. The highest BCUT2D eigenvalue weighted by Crippen LogP contribution is 2.28. The number of nitrogens with two attached hydrogens (primary N) is 1. The van der Waals surface area contributed by atoms with Gasteiger partial charge in [0.2, 0.25) is 0 Å². The van der Waals surface area contributed by atoms with Crippen LogP contribution < -0.4 is 5.73 Å². The SMILES string of the molecule is CC(N)C(C)c1cc(Cl)ccc1Cl. The average molecular weight is 218 g/mol. The van der Waals surface area contributed by atoms with E-state index < -0.39 is 0 Å². The maximum absolute atomic E-state index is 6.02. The Labute approximate surface area is 88.8 Å². The van der Waals surface area contributed by atoms with E-state index in [0.717, 1.165) is 10.6 Å². The molecule has 3 heteroatoms. The van der Waals surface area contributed by atoms with Crippen LogP contribution in [0, 0.1) is 0 Å². The molecule has 1 nitrogen and oxygen atoms in total.